The van der Waals surface area contributed by atoms with Crippen LogP contribution in [0.15, 0.2) is 0 Å². The van der Waals surface area contributed by atoms with E-state index in [4.69, 9.17) is 4.74 Å². The highest BCUT2D eigenvalue weighted by Crippen LogP contribution is 2.27. The molecule has 4 heteroatoms. The maximum atomic E-state index is 11.1. The predicted octanol–water partition coefficient (Wildman–Crippen LogP) is 1.81. The van der Waals surface area contributed by atoms with E-state index in [-0.39, 0.29) is 12.1 Å². The maximum Gasteiger partial charge on any atom is 0.305 e. The number of unbranched alkanes of at least 4 members (excludes halogenated alkanes) is 2. The Morgan fingerprint density at radius 1 is 1.33 bits per heavy atom. The maximum absolute atomic E-state index is 11.1. The number of carbonyl (C=O) groups excluding carboxylic acids is 1. The average Bonchev–Trinajstić information content (AvgIpc) is 2.27. The molecule has 0 spiro atoms. The zero-order valence-corrected chi connectivity index (χ0v) is 11.7. The van der Waals surface area contributed by atoms with Crippen LogP contribution < -0.4 is 0 Å². The van der Waals surface area contributed by atoms with Gasteiger partial charge in [-0.2, -0.15) is 0 Å². The fourth-order valence-corrected chi connectivity index (χ4v) is 2.44. The number of nitrogens with zero attached hydrogens (tertiary/aromatic N) is 1. The lowest BCUT2D eigenvalue weighted by molar-refractivity contribution is -0.143. The normalized spacial score (nSPS) is 22.9. The van der Waals surface area contributed by atoms with Crippen LogP contribution in [0.2, 0.25) is 0 Å². The molecular weight excluding hydrogens is 230 g/mol. The van der Waals surface area contributed by atoms with Crippen molar-refractivity contribution in [3.05, 3.63) is 0 Å². The van der Waals surface area contributed by atoms with Gasteiger partial charge in [-0.1, -0.05) is 6.42 Å². The molecular formula is C14H27NO3. The molecule has 0 aromatic carbocycles. The minimum Gasteiger partial charge on any atom is -0.466 e. The number of carbonyl (C=O) groups is 1. The Bertz CT molecular complexity index is 239. The monoisotopic (exact) mass is 257 g/mol. The third-order valence-electron chi connectivity index (χ3n) is 3.51. The lowest BCUT2D eigenvalue weighted by Gasteiger charge is -2.34. The van der Waals surface area contributed by atoms with Gasteiger partial charge in [0, 0.05) is 13.0 Å². The Morgan fingerprint density at radius 2 is 2.06 bits per heavy atom. The summed E-state index contributed by atoms with van der Waals surface area (Å²) < 4.78 is 4.88. The Labute approximate surface area is 110 Å². The molecule has 0 radical (unpaired) electrons. The van der Waals surface area contributed by atoms with Gasteiger partial charge >= 0.3 is 5.97 Å². The minimum absolute atomic E-state index is 0.0482. The predicted molar refractivity (Wildman–Crippen MR) is 71.3 cm³/mol. The molecule has 106 valence electrons. The first-order valence-electron chi connectivity index (χ1n) is 7.14. The second-order valence-corrected chi connectivity index (χ2v) is 5.37. The van der Waals surface area contributed by atoms with E-state index in [0.29, 0.717) is 18.9 Å². The Morgan fingerprint density at radius 3 is 2.67 bits per heavy atom. The first-order chi connectivity index (χ1) is 8.61. The summed E-state index contributed by atoms with van der Waals surface area (Å²) in [6, 6.07) is 0. The SMILES string of the molecule is CCOC(=O)CCCCCN(C)CC1CC(O)C1. The van der Waals surface area contributed by atoms with Crippen molar-refractivity contribution in [1.29, 1.82) is 0 Å². The quantitative estimate of drug-likeness (QED) is 0.505. The van der Waals surface area contributed by atoms with Crippen LogP contribution in [0.5, 0.6) is 0 Å². The molecule has 1 rings (SSSR count). The number of aliphatic hydroxyl groups excluding tert-OH is 1. The molecule has 1 aliphatic rings. The van der Waals surface area contributed by atoms with E-state index in [9.17, 15) is 9.90 Å². The van der Waals surface area contributed by atoms with E-state index in [0.717, 1.165) is 45.2 Å². The first-order valence-corrected chi connectivity index (χ1v) is 7.14. The summed E-state index contributed by atoms with van der Waals surface area (Å²) in [5, 5.41) is 9.21. The summed E-state index contributed by atoms with van der Waals surface area (Å²) in [5.41, 5.74) is 0. The number of esters is 1. The standard InChI is InChI=1S/C14H27NO3/c1-3-18-14(17)7-5-4-6-8-15(2)11-12-9-13(16)10-12/h12-13,16H,3-11H2,1-2H3. The number of rotatable bonds is 9. The second kappa shape index (κ2) is 8.48. The summed E-state index contributed by atoms with van der Waals surface area (Å²) >= 11 is 0. The highest BCUT2D eigenvalue weighted by Gasteiger charge is 2.27. The van der Waals surface area contributed by atoms with Crippen LogP contribution >= 0.6 is 0 Å². The van der Waals surface area contributed by atoms with Gasteiger partial charge in [-0.3, -0.25) is 4.79 Å². The molecule has 1 aliphatic carbocycles. The molecule has 18 heavy (non-hydrogen) atoms. The van der Waals surface area contributed by atoms with Crippen molar-refractivity contribution in [3.8, 4) is 0 Å². The number of aliphatic hydroxyl groups is 1. The summed E-state index contributed by atoms with van der Waals surface area (Å²) in [7, 11) is 2.13. The van der Waals surface area contributed by atoms with Gasteiger partial charge in [-0.05, 0) is 52.1 Å². The lowest BCUT2D eigenvalue weighted by atomic mass is 9.82. The fourth-order valence-electron chi connectivity index (χ4n) is 2.44. The fraction of sp³-hybridized carbons (Fsp3) is 0.929. The van der Waals surface area contributed by atoms with Crippen molar-refractivity contribution < 1.29 is 14.6 Å². The first kappa shape index (κ1) is 15.4. The molecule has 1 saturated carbocycles. The van der Waals surface area contributed by atoms with Gasteiger partial charge in [0.25, 0.3) is 0 Å². The third-order valence-corrected chi connectivity index (χ3v) is 3.51. The molecule has 0 saturated heterocycles. The van der Waals surface area contributed by atoms with Crippen molar-refractivity contribution in [1.82, 2.24) is 4.90 Å². The molecule has 1 N–H and O–H groups in total. The summed E-state index contributed by atoms with van der Waals surface area (Å²) in [4.78, 5) is 13.4. The van der Waals surface area contributed by atoms with Crippen LogP contribution in [-0.2, 0) is 9.53 Å². The van der Waals surface area contributed by atoms with Gasteiger partial charge in [0.1, 0.15) is 0 Å². The van der Waals surface area contributed by atoms with Gasteiger partial charge in [-0.15, -0.1) is 0 Å². The lowest BCUT2D eigenvalue weighted by Crippen LogP contribution is -2.37. The van der Waals surface area contributed by atoms with Gasteiger partial charge < -0.3 is 14.7 Å². The average molecular weight is 257 g/mol. The smallest absolute Gasteiger partial charge is 0.305 e. The highest BCUT2D eigenvalue weighted by molar-refractivity contribution is 5.69. The van der Waals surface area contributed by atoms with Crippen LogP contribution in [0, 0.1) is 5.92 Å². The molecule has 0 aromatic rings. The van der Waals surface area contributed by atoms with E-state index >= 15 is 0 Å². The van der Waals surface area contributed by atoms with Crippen molar-refractivity contribution in [3.63, 3.8) is 0 Å². The molecule has 0 aliphatic heterocycles. The van der Waals surface area contributed by atoms with Crippen molar-refractivity contribution in [2.45, 2.75) is 51.6 Å². The number of hydrogen-bond donors (Lipinski definition) is 1. The van der Waals surface area contributed by atoms with Gasteiger partial charge in [0.15, 0.2) is 0 Å². The van der Waals surface area contributed by atoms with Gasteiger partial charge in [0.2, 0.25) is 0 Å². The van der Waals surface area contributed by atoms with Crippen LogP contribution in [0.4, 0.5) is 0 Å². The Hall–Kier alpha value is -0.610. The number of hydrogen-bond acceptors (Lipinski definition) is 4. The summed E-state index contributed by atoms with van der Waals surface area (Å²) in [6.07, 6.45) is 5.57. The summed E-state index contributed by atoms with van der Waals surface area (Å²) in [5.74, 6) is 0.610. The van der Waals surface area contributed by atoms with E-state index in [2.05, 4.69) is 11.9 Å². The minimum atomic E-state index is -0.0747. The van der Waals surface area contributed by atoms with E-state index < -0.39 is 0 Å². The van der Waals surface area contributed by atoms with Crippen molar-refractivity contribution >= 4 is 5.97 Å². The molecule has 0 atom stereocenters. The largest absolute Gasteiger partial charge is 0.466 e. The second-order valence-electron chi connectivity index (χ2n) is 5.37. The van der Waals surface area contributed by atoms with E-state index in [1.54, 1.807) is 0 Å². The van der Waals surface area contributed by atoms with Crippen molar-refractivity contribution in [2.75, 3.05) is 26.7 Å². The third kappa shape index (κ3) is 6.36. The molecule has 4 nitrogen and oxygen atoms in total. The van der Waals surface area contributed by atoms with Gasteiger partial charge in [-0.25, -0.2) is 0 Å². The number of ether oxygens (including phenoxy) is 1. The summed E-state index contributed by atoms with van der Waals surface area (Å²) in [6.45, 7) is 4.49. The van der Waals surface area contributed by atoms with Crippen LogP contribution in [-0.4, -0.2) is 48.8 Å². The molecule has 0 heterocycles. The Balaban J connectivity index is 1.89. The van der Waals surface area contributed by atoms with E-state index in [1.165, 1.54) is 0 Å². The van der Waals surface area contributed by atoms with E-state index in [1.807, 2.05) is 6.92 Å². The van der Waals surface area contributed by atoms with Crippen LogP contribution in [0.1, 0.15) is 45.4 Å². The molecule has 0 bridgehead atoms. The van der Waals surface area contributed by atoms with Gasteiger partial charge in [0.05, 0.1) is 12.7 Å². The zero-order chi connectivity index (χ0) is 13.4. The zero-order valence-electron chi connectivity index (χ0n) is 11.7. The topological polar surface area (TPSA) is 49.8 Å². The van der Waals surface area contributed by atoms with Crippen LogP contribution in [0.3, 0.4) is 0 Å². The van der Waals surface area contributed by atoms with Crippen LogP contribution in [0.25, 0.3) is 0 Å². The molecule has 0 aromatic heterocycles. The molecule has 0 unspecified atom stereocenters. The van der Waals surface area contributed by atoms with Crippen molar-refractivity contribution in [2.24, 2.45) is 5.92 Å². The Kier molecular flexibility index (Phi) is 7.28. The molecule has 0 amide bonds. The molecule has 1 fully saturated rings. The highest BCUT2D eigenvalue weighted by atomic mass is 16.5.